The van der Waals surface area contributed by atoms with Gasteiger partial charge >= 0.3 is 0 Å². The zero-order chi connectivity index (χ0) is 17.8. The molecule has 1 aromatic heterocycles. The number of piperidine rings is 1. The van der Waals surface area contributed by atoms with Gasteiger partial charge in [-0.25, -0.2) is 4.98 Å². The van der Waals surface area contributed by atoms with Gasteiger partial charge in [0.05, 0.1) is 12.1 Å². The fourth-order valence-corrected chi connectivity index (χ4v) is 4.49. The molecule has 1 N–H and O–H groups in total. The van der Waals surface area contributed by atoms with Crippen molar-refractivity contribution < 1.29 is 4.79 Å². The summed E-state index contributed by atoms with van der Waals surface area (Å²) in [5.41, 5.74) is 1.86. The normalized spacial score (nSPS) is 21.2. The number of nitrogens with one attached hydrogen (secondary N) is 1. The molecule has 134 valence electrons. The molecule has 4 nitrogen and oxygen atoms in total. The molecule has 1 aliphatic rings. The lowest BCUT2D eigenvalue weighted by Gasteiger charge is -2.34. The molecule has 6 heteroatoms. The van der Waals surface area contributed by atoms with Crippen LogP contribution in [0, 0.1) is 11.8 Å². The van der Waals surface area contributed by atoms with Gasteiger partial charge in [-0.3, -0.25) is 9.69 Å². The first kappa shape index (κ1) is 18.4. The molecule has 1 aromatic carbocycles. The summed E-state index contributed by atoms with van der Waals surface area (Å²) in [6.07, 6.45) is 1.56. The van der Waals surface area contributed by atoms with Crippen molar-refractivity contribution >= 4 is 34.0 Å². The fraction of sp³-hybridized carbons (Fsp3) is 0.474. The van der Waals surface area contributed by atoms with E-state index in [1.54, 1.807) is 6.07 Å². The van der Waals surface area contributed by atoms with Crippen LogP contribution in [0.2, 0.25) is 5.02 Å². The highest BCUT2D eigenvalue weighted by Crippen LogP contribution is 2.24. The number of rotatable bonds is 5. The molecule has 2 atom stereocenters. The van der Waals surface area contributed by atoms with Crippen LogP contribution in [-0.2, 0) is 17.8 Å². The first-order chi connectivity index (χ1) is 12.0. The van der Waals surface area contributed by atoms with E-state index < -0.39 is 0 Å². The number of halogens is 1. The SMILES string of the molecule is CC1CC(C)CN(Cc2csc(NC(=O)Cc3ccccc3Cl)n2)C1. The topological polar surface area (TPSA) is 45.2 Å². The quantitative estimate of drug-likeness (QED) is 0.836. The Morgan fingerprint density at radius 3 is 2.76 bits per heavy atom. The van der Waals surface area contributed by atoms with E-state index in [-0.39, 0.29) is 12.3 Å². The summed E-state index contributed by atoms with van der Waals surface area (Å²) in [4.78, 5) is 19.2. The van der Waals surface area contributed by atoms with Gasteiger partial charge in [-0.15, -0.1) is 11.3 Å². The minimum Gasteiger partial charge on any atom is -0.302 e. The van der Waals surface area contributed by atoms with Crippen LogP contribution in [0.3, 0.4) is 0 Å². The standard InChI is InChI=1S/C19H24ClN3OS/c1-13-7-14(2)10-23(9-13)11-16-12-25-19(21-16)22-18(24)8-15-5-3-4-6-17(15)20/h3-6,12-14H,7-11H2,1-2H3,(H,21,22,24). The van der Waals surface area contributed by atoms with Crippen LogP contribution >= 0.6 is 22.9 Å². The molecule has 0 bridgehead atoms. The first-order valence-corrected chi connectivity index (χ1v) is 9.95. The number of anilines is 1. The van der Waals surface area contributed by atoms with E-state index in [2.05, 4.69) is 29.0 Å². The molecule has 25 heavy (non-hydrogen) atoms. The number of carbonyl (C=O) groups is 1. The van der Waals surface area contributed by atoms with Gasteiger partial charge in [-0.05, 0) is 29.9 Å². The molecule has 0 aliphatic carbocycles. The molecular formula is C19H24ClN3OS. The van der Waals surface area contributed by atoms with Crippen LogP contribution < -0.4 is 5.32 Å². The predicted molar refractivity (Wildman–Crippen MR) is 104 cm³/mol. The molecule has 3 rings (SSSR count). The van der Waals surface area contributed by atoms with Crippen molar-refractivity contribution in [2.24, 2.45) is 11.8 Å². The monoisotopic (exact) mass is 377 g/mol. The molecule has 0 saturated carbocycles. The molecule has 1 fully saturated rings. The molecule has 2 unspecified atom stereocenters. The lowest BCUT2D eigenvalue weighted by atomic mass is 9.92. The summed E-state index contributed by atoms with van der Waals surface area (Å²) in [7, 11) is 0. The number of nitrogens with zero attached hydrogens (tertiary/aromatic N) is 2. The Morgan fingerprint density at radius 1 is 1.32 bits per heavy atom. The van der Waals surface area contributed by atoms with Gasteiger partial charge in [0.25, 0.3) is 0 Å². The maximum atomic E-state index is 12.2. The molecule has 0 radical (unpaired) electrons. The van der Waals surface area contributed by atoms with E-state index in [1.165, 1.54) is 17.8 Å². The number of likely N-dealkylation sites (tertiary alicyclic amines) is 1. The summed E-state index contributed by atoms with van der Waals surface area (Å²) in [5, 5.41) is 6.19. The average Bonchev–Trinajstić information content (AvgIpc) is 2.95. The second kappa shape index (κ2) is 8.30. The van der Waals surface area contributed by atoms with E-state index in [1.807, 2.05) is 23.6 Å². The third-order valence-electron chi connectivity index (χ3n) is 4.44. The largest absolute Gasteiger partial charge is 0.302 e. The van der Waals surface area contributed by atoms with E-state index in [4.69, 9.17) is 11.6 Å². The lowest BCUT2D eigenvalue weighted by Crippen LogP contribution is -2.38. The summed E-state index contributed by atoms with van der Waals surface area (Å²) < 4.78 is 0. The molecular weight excluding hydrogens is 354 g/mol. The molecule has 1 saturated heterocycles. The van der Waals surface area contributed by atoms with E-state index >= 15 is 0 Å². The lowest BCUT2D eigenvalue weighted by molar-refractivity contribution is -0.115. The molecule has 1 amide bonds. The van der Waals surface area contributed by atoms with Crippen LogP contribution in [-0.4, -0.2) is 28.9 Å². The van der Waals surface area contributed by atoms with Gasteiger partial charge in [0.15, 0.2) is 5.13 Å². The first-order valence-electron chi connectivity index (χ1n) is 8.69. The van der Waals surface area contributed by atoms with Crippen LogP contribution in [0.5, 0.6) is 0 Å². The van der Waals surface area contributed by atoms with Crippen LogP contribution in [0.4, 0.5) is 5.13 Å². The zero-order valence-corrected chi connectivity index (χ0v) is 16.2. The number of hydrogen-bond acceptors (Lipinski definition) is 4. The van der Waals surface area contributed by atoms with Crippen molar-refractivity contribution in [1.82, 2.24) is 9.88 Å². The number of carbonyl (C=O) groups excluding carboxylic acids is 1. The third-order valence-corrected chi connectivity index (χ3v) is 5.61. The summed E-state index contributed by atoms with van der Waals surface area (Å²) >= 11 is 7.59. The highest BCUT2D eigenvalue weighted by Gasteiger charge is 2.22. The Morgan fingerprint density at radius 2 is 2.04 bits per heavy atom. The van der Waals surface area contributed by atoms with Gasteiger partial charge in [0, 0.05) is 30.0 Å². The maximum absolute atomic E-state index is 12.2. The van der Waals surface area contributed by atoms with Gasteiger partial charge < -0.3 is 5.32 Å². The Balaban J connectivity index is 1.54. The smallest absolute Gasteiger partial charge is 0.230 e. The molecule has 2 aromatic rings. The number of hydrogen-bond donors (Lipinski definition) is 1. The van der Waals surface area contributed by atoms with Crippen molar-refractivity contribution in [3.05, 3.63) is 45.9 Å². The van der Waals surface area contributed by atoms with E-state index in [0.29, 0.717) is 10.2 Å². The summed E-state index contributed by atoms with van der Waals surface area (Å²) in [6.45, 7) is 7.71. The Hall–Kier alpha value is -1.43. The van der Waals surface area contributed by atoms with Crippen molar-refractivity contribution in [3.8, 4) is 0 Å². The summed E-state index contributed by atoms with van der Waals surface area (Å²) in [6, 6.07) is 7.41. The highest BCUT2D eigenvalue weighted by molar-refractivity contribution is 7.13. The Bertz CT molecular complexity index is 723. The van der Waals surface area contributed by atoms with Crippen LogP contribution in [0.1, 0.15) is 31.5 Å². The number of aromatic nitrogens is 1. The molecule has 0 spiro atoms. The third kappa shape index (κ3) is 5.27. The highest BCUT2D eigenvalue weighted by atomic mass is 35.5. The van der Waals surface area contributed by atoms with Crippen molar-refractivity contribution in [2.45, 2.75) is 33.2 Å². The number of amides is 1. The van der Waals surface area contributed by atoms with E-state index in [0.717, 1.165) is 42.7 Å². The minimum atomic E-state index is -0.0887. The Labute approximate surface area is 158 Å². The van der Waals surface area contributed by atoms with Crippen LogP contribution in [0.15, 0.2) is 29.6 Å². The number of thiazole rings is 1. The van der Waals surface area contributed by atoms with Gasteiger partial charge in [0.1, 0.15) is 0 Å². The van der Waals surface area contributed by atoms with E-state index in [9.17, 15) is 4.79 Å². The van der Waals surface area contributed by atoms with Gasteiger partial charge in [-0.2, -0.15) is 0 Å². The fourth-order valence-electron chi connectivity index (χ4n) is 3.57. The summed E-state index contributed by atoms with van der Waals surface area (Å²) in [5.74, 6) is 1.38. The van der Waals surface area contributed by atoms with Gasteiger partial charge in [0.2, 0.25) is 5.91 Å². The predicted octanol–water partition coefficient (Wildman–Crippen LogP) is 4.46. The number of benzene rings is 1. The average molecular weight is 378 g/mol. The Kier molecular flexibility index (Phi) is 6.10. The van der Waals surface area contributed by atoms with Crippen LogP contribution in [0.25, 0.3) is 0 Å². The molecule has 1 aliphatic heterocycles. The second-order valence-corrected chi connectivity index (χ2v) is 8.37. The second-order valence-electron chi connectivity index (χ2n) is 7.10. The van der Waals surface area contributed by atoms with Crippen molar-refractivity contribution in [2.75, 3.05) is 18.4 Å². The van der Waals surface area contributed by atoms with Crippen molar-refractivity contribution in [1.29, 1.82) is 0 Å². The molecule has 2 heterocycles. The zero-order valence-electron chi connectivity index (χ0n) is 14.7. The minimum absolute atomic E-state index is 0.0887. The van der Waals surface area contributed by atoms with Crippen molar-refractivity contribution in [3.63, 3.8) is 0 Å². The van der Waals surface area contributed by atoms with Gasteiger partial charge in [-0.1, -0.05) is 43.6 Å². The maximum Gasteiger partial charge on any atom is 0.230 e.